The number of ether oxygens (including phenoxy) is 1. The highest BCUT2D eigenvalue weighted by atomic mass is 79.9. The Morgan fingerprint density at radius 2 is 2.15 bits per heavy atom. The average molecular weight is 245 g/mol. The van der Waals surface area contributed by atoms with E-state index in [4.69, 9.17) is 4.74 Å². The summed E-state index contributed by atoms with van der Waals surface area (Å²) in [4.78, 5) is 11.0. The third-order valence-electron chi connectivity index (χ3n) is 1.65. The smallest absolute Gasteiger partial charge is 0.160 e. The van der Waals surface area contributed by atoms with Crippen LogP contribution in [-0.2, 0) is 0 Å². The summed E-state index contributed by atoms with van der Waals surface area (Å²) in [5.41, 5.74) is 0.428. The van der Waals surface area contributed by atoms with Crippen LogP contribution in [0.25, 0.3) is 0 Å². The van der Waals surface area contributed by atoms with Crippen LogP contribution in [0.4, 0.5) is 0 Å². The second kappa shape index (κ2) is 3.79. The van der Waals surface area contributed by atoms with Gasteiger partial charge in [0.25, 0.3) is 0 Å². The Kier molecular flexibility index (Phi) is 2.93. The van der Waals surface area contributed by atoms with Crippen LogP contribution in [0.1, 0.15) is 17.3 Å². The molecule has 13 heavy (non-hydrogen) atoms. The third-order valence-corrected chi connectivity index (χ3v) is 2.44. The Balaban J connectivity index is 3.30. The minimum atomic E-state index is -0.110. The summed E-state index contributed by atoms with van der Waals surface area (Å²) in [6, 6.07) is 2.97. The van der Waals surface area contributed by atoms with E-state index in [1.807, 2.05) is 0 Å². The van der Waals surface area contributed by atoms with Crippen molar-refractivity contribution in [3.8, 4) is 11.5 Å². The molecule has 4 heteroatoms. The first-order chi connectivity index (χ1) is 6.06. The Labute approximate surface area is 84.5 Å². The molecule has 0 heterocycles. The maximum Gasteiger partial charge on any atom is 0.160 e. The first-order valence-corrected chi connectivity index (χ1v) is 4.43. The van der Waals surface area contributed by atoms with E-state index in [0.717, 1.165) is 0 Å². The van der Waals surface area contributed by atoms with E-state index in [2.05, 4.69) is 15.9 Å². The molecule has 0 aromatic heterocycles. The predicted molar refractivity (Wildman–Crippen MR) is 52.4 cm³/mol. The maximum absolute atomic E-state index is 11.0. The van der Waals surface area contributed by atoms with E-state index in [9.17, 15) is 9.90 Å². The van der Waals surface area contributed by atoms with Gasteiger partial charge in [-0.15, -0.1) is 0 Å². The number of phenolic OH excluding ortho intramolecular Hbond substituents is 1. The molecule has 3 nitrogen and oxygen atoms in total. The number of hydrogen-bond donors (Lipinski definition) is 1. The molecule has 0 atom stereocenters. The van der Waals surface area contributed by atoms with Gasteiger partial charge in [-0.1, -0.05) is 0 Å². The Bertz CT molecular complexity index is 347. The van der Waals surface area contributed by atoms with Gasteiger partial charge < -0.3 is 9.84 Å². The van der Waals surface area contributed by atoms with Crippen molar-refractivity contribution in [1.29, 1.82) is 0 Å². The van der Waals surface area contributed by atoms with Crippen molar-refractivity contribution in [3.63, 3.8) is 0 Å². The molecule has 0 amide bonds. The van der Waals surface area contributed by atoms with Gasteiger partial charge in [0.2, 0.25) is 0 Å². The van der Waals surface area contributed by atoms with Crippen LogP contribution in [-0.4, -0.2) is 18.0 Å². The summed E-state index contributed by atoms with van der Waals surface area (Å²) in [7, 11) is 1.48. The lowest BCUT2D eigenvalue weighted by atomic mass is 10.1. The molecule has 1 aromatic rings. The second-order valence-electron chi connectivity index (χ2n) is 2.57. The number of carbonyl (C=O) groups is 1. The summed E-state index contributed by atoms with van der Waals surface area (Å²) in [6.07, 6.45) is 0. The van der Waals surface area contributed by atoms with Gasteiger partial charge in [0.15, 0.2) is 5.78 Å². The molecule has 0 unspecified atom stereocenters. The molecule has 1 N–H and O–H groups in total. The van der Waals surface area contributed by atoms with E-state index in [1.54, 1.807) is 6.07 Å². The van der Waals surface area contributed by atoms with Gasteiger partial charge in [0.05, 0.1) is 7.11 Å². The second-order valence-corrected chi connectivity index (χ2v) is 3.36. The van der Waals surface area contributed by atoms with Gasteiger partial charge >= 0.3 is 0 Å². The molecule has 0 bridgehead atoms. The normalized spacial score (nSPS) is 9.77. The van der Waals surface area contributed by atoms with Gasteiger partial charge in [-0.25, -0.2) is 0 Å². The van der Waals surface area contributed by atoms with Gasteiger partial charge in [0, 0.05) is 5.56 Å². The van der Waals surface area contributed by atoms with Crippen molar-refractivity contribution in [1.82, 2.24) is 0 Å². The minimum absolute atomic E-state index is 0.00421. The van der Waals surface area contributed by atoms with E-state index in [-0.39, 0.29) is 11.5 Å². The molecule has 1 aromatic carbocycles. The molecule has 0 fully saturated rings. The van der Waals surface area contributed by atoms with Gasteiger partial charge in [-0.2, -0.15) is 0 Å². The summed E-state index contributed by atoms with van der Waals surface area (Å²) >= 11 is 3.14. The molecule has 0 aliphatic heterocycles. The fourth-order valence-corrected chi connectivity index (χ4v) is 1.33. The lowest BCUT2D eigenvalue weighted by Crippen LogP contribution is -1.94. The molecular formula is C9H9BrO3. The van der Waals surface area contributed by atoms with Crippen LogP contribution in [0.3, 0.4) is 0 Å². The highest BCUT2D eigenvalue weighted by Gasteiger charge is 2.10. The number of methoxy groups -OCH3 is 1. The molecule has 0 saturated heterocycles. The van der Waals surface area contributed by atoms with Crippen LogP contribution in [0.15, 0.2) is 16.6 Å². The van der Waals surface area contributed by atoms with Gasteiger partial charge in [-0.05, 0) is 35.0 Å². The van der Waals surface area contributed by atoms with Crippen LogP contribution in [0.2, 0.25) is 0 Å². The first-order valence-electron chi connectivity index (χ1n) is 3.63. The van der Waals surface area contributed by atoms with Crippen molar-refractivity contribution < 1.29 is 14.6 Å². The number of Topliss-reactive ketones (excluding diaryl/α,β-unsaturated/α-hetero) is 1. The molecule has 0 aliphatic rings. The van der Waals surface area contributed by atoms with Crippen LogP contribution in [0, 0.1) is 0 Å². The number of halogens is 1. The van der Waals surface area contributed by atoms with Crippen molar-refractivity contribution >= 4 is 21.7 Å². The van der Waals surface area contributed by atoms with Crippen LogP contribution in [0.5, 0.6) is 11.5 Å². The zero-order valence-electron chi connectivity index (χ0n) is 7.30. The van der Waals surface area contributed by atoms with Crippen molar-refractivity contribution in [3.05, 3.63) is 22.2 Å². The molecule has 70 valence electrons. The minimum Gasteiger partial charge on any atom is -0.507 e. The van der Waals surface area contributed by atoms with E-state index in [1.165, 1.54) is 20.1 Å². The predicted octanol–water partition coefficient (Wildman–Crippen LogP) is 2.37. The number of ketones is 1. The van der Waals surface area contributed by atoms with Crippen LogP contribution < -0.4 is 4.74 Å². The molecule has 1 rings (SSSR count). The lowest BCUT2D eigenvalue weighted by Gasteiger charge is -2.06. The summed E-state index contributed by atoms with van der Waals surface area (Å²) < 4.78 is 5.42. The number of benzene rings is 1. The topological polar surface area (TPSA) is 46.5 Å². The zero-order valence-corrected chi connectivity index (χ0v) is 8.88. The van der Waals surface area contributed by atoms with E-state index >= 15 is 0 Å². The zero-order chi connectivity index (χ0) is 10.0. The van der Waals surface area contributed by atoms with Crippen molar-refractivity contribution in [2.24, 2.45) is 0 Å². The highest BCUT2D eigenvalue weighted by molar-refractivity contribution is 9.10. The first kappa shape index (κ1) is 10.1. The monoisotopic (exact) mass is 244 g/mol. The van der Waals surface area contributed by atoms with Crippen LogP contribution >= 0.6 is 15.9 Å². The molecule has 0 radical (unpaired) electrons. The van der Waals surface area contributed by atoms with E-state index in [0.29, 0.717) is 15.8 Å². The summed E-state index contributed by atoms with van der Waals surface area (Å²) in [5, 5.41) is 9.38. The average Bonchev–Trinajstić information content (AvgIpc) is 2.09. The SMILES string of the molecule is COc1cc(C(C)=O)cc(O)c1Br. The quantitative estimate of drug-likeness (QED) is 0.813. The largest absolute Gasteiger partial charge is 0.507 e. The number of hydrogen-bond acceptors (Lipinski definition) is 3. The lowest BCUT2D eigenvalue weighted by molar-refractivity contribution is 0.101. The fourth-order valence-electron chi connectivity index (χ4n) is 0.935. The number of phenols is 1. The standard InChI is InChI=1S/C9H9BrO3/c1-5(11)6-3-7(12)9(10)8(4-6)13-2/h3-4,12H,1-2H3. The Morgan fingerprint density at radius 3 is 2.62 bits per heavy atom. The third kappa shape index (κ3) is 2.01. The Morgan fingerprint density at radius 1 is 1.54 bits per heavy atom. The molecule has 0 aliphatic carbocycles. The summed E-state index contributed by atoms with van der Waals surface area (Å²) in [5.74, 6) is 0.343. The number of aromatic hydroxyl groups is 1. The van der Waals surface area contributed by atoms with Crippen molar-refractivity contribution in [2.45, 2.75) is 6.92 Å². The fraction of sp³-hybridized carbons (Fsp3) is 0.222. The van der Waals surface area contributed by atoms with Gasteiger partial charge in [0.1, 0.15) is 16.0 Å². The summed E-state index contributed by atoms with van der Waals surface area (Å²) in [6.45, 7) is 1.43. The van der Waals surface area contributed by atoms with E-state index < -0.39 is 0 Å². The molecule has 0 saturated carbocycles. The number of rotatable bonds is 2. The Hall–Kier alpha value is -1.03. The number of carbonyl (C=O) groups excluding carboxylic acids is 1. The molecular weight excluding hydrogens is 236 g/mol. The van der Waals surface area contributed by atoms with Crippen molar-refractivity contribution in [2.75, 3.05) is 7.11 Å². The highest BCUT2D eigenvalue weighted by Crippen LogP contribution is 2.34. The maximum atomic E-state index is 11.0. The van der Waals surface area contributed by atoms with Gasteiger partial charge in [-0.3, -0.25) is 4.79 Å². The molecule has 0 spiro atoms.